The first-order valence-electron chi connectivity index (χ1n) is 7.35. The number of nitrogen functional groups attached to an aromatic ring is 1. The van der Waals surface area contributed by atoms with Gasteiger partial charge in [-0.3, -0.25) is 0 Å². The number of nitrogens with two attached hydrogens (primary N) is 1. The molecule has 4 nitrogen and oxygen atoms in total. The first kappa shape index (κ1) is 13.2. The smallest absolute Gasteiger partial charge is 0.222 e. The van der Waals surface area contributed by atoms with Crippen LogP contribution in [-0.2, 0) is 6.42 Å². The minimum atomic E-state index is 0.356. The number of anilines is 1. The molecule has 0 saturated carbocycles. The van der Waals surface area contributed by atoms with E-state index in [1.807, 2.05) is 0 Å². The summed E-state index contributed by atoms with van der Waals surface area (Å²) in [6.07, 6.45) is 5.21. The number of benzene rings is 1. The Balaban J connectivity index is 1.58. The van der Waals surface area contributed by atoms with E-state index in [4.69, 9.17) is 10.3 Å². The van der Waals surface area contributed by atoms with Crippen molar-refractivity contribution in [2.45, 2.75) is 25.7 Å². The molecule has 4 heteroatoms. The molecule has 20 heavy (non-hydrogen) atoms. The summed E-state index contributed by atoms with van der Waals surface area (Å²) in [5, 5.41) is 3.93. The highest BCUT2D eigenvalue weighted by atomic mass is 16.5. The average Bonchev–Trinajstić information content (AvgIpc) is 2.93. The molecule has 1 fully saturated rings. The molecule has 0 amide bonds. The molecule has 3 rings (SSSR count). The van der Waals surface area contributed by atoms with Gasteiger partial charge in [-0.1, -0.05) is 35.8 Å². The third-order valence-electron chi connectivity index (χ3n) is 3.94. The van der Waals surface area contributed by atoms with E-state index < -0.39 is 0 Å². The quantitative estimate of drug-likeness (QED) is 0.929. The van der Waals surface area contributed by atoms with E-state index in [0.717, 1.165) is 24.2 Å². The van der Waals surface area contributed by atoms with Gasteiger partial charge in [-0.2, -0.15) is 0 Å². The predicted octanol–water partition coefficient (Wildman–Crippen LogP) is 2.95. The first-order valence-corrected chi connectivity index (χ1v) is 7.35. The fourth-order valence-corrected chi connectivity index (χ4v) is 2.74. The highest BCUT2D eigenvalue weighted by Gasteiger charge is 2.10. The van der Waals surface area contributed by atoms with Crippen LogP contribution in [0.3, 0.4) is 0 Å². The molecule has 0 unspecified atom stereocenters. The number of rotatable bonds is 4. The molecule has 0 aliphatic carbocycles. The molecule has 2 heterocycles. The van der Waals surface area contributed by atoms with Crippen LogP contribution in [0.25, 0.3) is 11.3 Å². The van der Waals surface area contributed by atoms with Gasteiger partial charge in [0.1, 0.15) is 5.69 Å². The Morgan fingerprint density at radius 2 is 1.85 bits per heavy atom. The highest BCUT2D eigenvalue weighted by molar-refractivity contribution is 5.61. The van der Waals surface area contributed by atoms with Gasteiger partial charge in [-0.15, -0.1) is 0 Å². The van der Waals surface area contributed by atoms with Crippen LogP contribution in [0.1, 0.15) is 24.8 Å². The summed E-state index contributed by atoms with van der Waals surface area (Å²) < 4.78 is 4.90. The van der Waals surface area contributed by atoms with Crippen molar-refractivity contribution >= 4 is 5.88 Å². The number of hydrogen-bond donors (Lipinski definition) is 1. The molecule has 1 aliphatic rings. The summed E-state index contributed by atoms with van der Waals surface area (Å²) in [5.74, 6) is 0.356. The highest BCUT2D eigenvalue weighted by Crippen LogP contribution is 2.20. The maximum Gasteiger partial charge on any atom is 0.222 e. The van der Waals surface area contributed by atoms with Crippen molar-refractivity contribution in [1.82, 2.24) is 10.1 Å². The largest absolute Gasteiger partial charge is 0.368 e. The average molecular weight is 271 g/mol. The van der Waals surface area contributed by atoms with Gasteiger partial charge in [0, 0.05) is 18.2 Å². The lowest BCUT2D eigenvalue weighted by Gasteiger charge is -2.26. The van der Waals surface area contributed by atoms with E-state index in [2.05, 4.69) is 34.3 Å². The van der Waals surface area contributed by atoms with Gasteiger partial charge in [0.25, 0.3) is 0 Å². The fraction of sp³-hybridized carbons (Fsp3) is 0.438. The van der Waals surface area contributed by atoms with Crippen molar-refractivity contribution in [2.75, 3.05) is 25.4 Å². The van der Waals surface area contributed by atoms with Crippen molar-refractivity contribution < 1.29 is 4.52 Å². The standard InChI is InChI=1S/C16H21N3O/c17-16-12-15(18-20-16)14-6-4-13(5-7-14)8-11-19-9-2-1-3-10-19/h4-7,12H,1-3,8-11,17H2. The van der Waals surface area contributed by atoms with Gasteiger partial charge < -0.3 is 15.2 Å². The van der Waals surface area contributed by atoms with E-state index in [-0.39, 0.29) is 0 Å². The summed E-state index contributed by atoms with van der Waals surface area (Å²) in [5.41, 5.74) is 8.76. The molecule has 1 aromatic heterocycles. The van der Waals surface area contributed by atoms with Gasteiger partial charge in [0.05, 0.1) is 0 Å². The summed E-state index contributed by atoms with van der Waals surface area (Å²) in [4.78, 5) is 2.57. The number of likely N-dealkylation sites (tertiary alicyclic amines) is 1. The zero-order valence-electron chi connectivity index (χ0n) is 11.7. The number of nitrogens with zero attached hydrogens (tertiary/aromatic N) is 2. The number of hydrogen-bond acceptors (Lipinski definition) is 4. The predicted molar refractivity (Wildman–Crippen MR) is 80.3 cm³/mol. The summed E-state index contributed by atoms with van der Waals surface area (Å²) in [7, 11) is 0. The SMILES string of the molecule is Nc1cc(-c2ccc(CCN3CCCCC3)cc2)no1. The first-order chi connectivity index (χ1) is 9.81. The Morgan fingerprint density at radius 1 is 1.10 bits per heavy atom. The maximum absolute atomic E-state index is 5.54. The van der Waals surface area contributed by atoms with Crippen LogP contribution in [0, 0.1) is 0 Å². The number of piperidine rings is 1. The summed E-state index contributed by atoms with van der Waals surface area (Å²) in [6, 6.07) is 10.3. The lowest BCUT2D eigenvalue weighted by molar-refractivity contribution is 0.231. The molecule has 2 aromatic rings. The molecular weight excluding hydrogens is 250 g/mol. The minimum absolute atomic E-state index is 0.356. The molecule has 1 saturated heterocycles. The third kappa shape index (κ3) is 3.20. The van der Waals surface area contributed by atoms with Crippen LogP contribution in [0.2, 0.25) is 0 Å². The Bertz CT molecular complexity index is 541. The van der Waals surface area contributed by atoms with Crippen molar-refractivity contribution in [3.8, 4) is 11.3 Å². The lowest BCUT2D eigenvalue weighted by Crippen LogP contribution is -2.31. The van der Waals surface area contributed by atoms with Crippen LogP contribution in [0.15, 0.2) is 34.9 Å². The second kappa shape index (κ2) is 6.09. The van der Waals surface area contributed by atoms with Gasteiger partial charge in [-0.25, -0.2) is 0 Å². The molecule has 0 atom stereocenters. The molecule has 2 N–H and O–H groups in total. The molecule has 1 aliphatic heterocycles. The minimum Gasteiger partial charge on any atom is -0.368 e. The van der Waals surface area contributed by atoms with E-state index in [0.29, 0.717) is 5.88 Å². The molecule has 1 aromatic carbocycles. The second-order valence-electron chi connectivity index (χ2n) is 5.46. The molecule has 0 bridgehead atoms. The lowest BCUT2D eigenvalue weighted by atomic mass is 10.1. The number of aromatic nitrogens is 1. The van der Waals surface area contributed by atoms with Crippen molar-refractivity contribution in [1.29, 1.82) is 0 Å². The third-order valence-corrected chi connectivity index (χ3v) is 3.94. The van der Waals surface area contributed by atoms with Gasteiger partial charge in [0.2, 0.25) is 5.88 Å². The Kier molecular flexibility index (Phi) is 4.02. The summed E-state index contributed by atoms with van der Waals surface area (Å²) in [6.45, 7) is 3.68. The van der Waals surface area contributed by atoms with E-state index in [9.17, 15) is 0 Å². The fourth-order valence-electron chi connectivity index (χ4n) is 2.74. The van der Waals surface area contributed by atoms with Crippen LogP contribution in [-0.4, -0.2) is 29.7 Å². The van der Waals surface area contributed by atoms with E-state index in [1.54, 1.807) is 6.07 Å². The second-order valence-corrected chi connectivity index (χ2v) is 5.46. The maximum atomic E-state index is 5.54. The Morgan fingerprint density at radius 3 is 2.50 bits per heavy atom. The van der Waals surface area contributed by atoms with Crippen LogP contribution < -0.4 is 5.73 Å². The molecule has 106 valence electrons. The molecular formula is C16H21N3O. The Labute approximate surface area is 119 Å². The van der Waals surface area contributed by atoms with E-state index >= 15 is 0 Å². The van der Waals surface area contributed by atoms with Crippen LogP contribution in [0.4, 0.5) is 5.88 Å². The zero-order chi connectivity index (χ0) is 13.8. The van der Waals surface area contributed by atoms with Crippen LogP contribution >= 0.6 is 0 Å². The Hall–Kier alpha value is -1.81. The van der Waals surface area contributed by atoms with Gasteiger partial charge in [-0.05, 0) is 37.9 Å². The van der Waals surface area contributed by atoms with Gasteiger partial charge in [0.15, 0.2) is 0 Å². The van der Waals surface area contributed by atoms with Crippen molar-refractivity contribution in [3.05, 3.63) is 35.9 Å². The molecule has 0 spiro atoms. The summed E-state index contributed by atoms with van der Waals surface area (Å²) >= 11 is 0. The topological polar surface area (TPSA) is 55.3 Å². The van der Waals surface area contributed by atoms with Crippen LogP contribution in [0.5, 0.6) is 0 Å². The van der Waals surface area contributed by atoms with Crippen molar-refractivity contribution in [2.24, 2.45) is 0 Å². The van der Waals surface area contributed by atoms with E-state index in [1.165, 1.54) is 37.9 Å². The zero-order valence-corrected chi connectivity index (χ0v) is 11.7. The van der Waals surface area contributed by atoms with Crippen molar-refractivity contribution in [3.63, 3.8) is 0 Å². The monoisotopic (exact) mass is 271 g/mol. The van der Waals surface area contributed by atoms with Gasteiger partial charge >= 0.3 is 0 Å². The normalized spacial score (nSPS) is 16.4. The molecule has 0 radical (unpaired) electrons.